The first-order valence-corrected chi connectivity index (χ1v) is 8.34. The predicted molar refractivity (Wildman–Crippen MR) is 95.0 cm³/mol. The largest absolute Gasteiger partial charge is 0.350 e. The molecule has 0 aliphatic carbocycles. The van der Waals surface area contributed by atoms with Gasteiger partial charge in [0.1, 0.15) is 11.5 Å². The predicted octanol–water partition coefficient (Wildman–Crippen LogP) is 3.12. The van der Waals surface area contributed by atoms with Gasteiger partial charge < -0.3 is 9.88 Å². The number of para-hydroxylation sites is 1. The molecule has 0 saturated carbocycles. The Kier molecular flexibility index (Phi) is 4.89. The molecule has 0 saturated heterocycles. The zero-order chi connectivity index (χ0) is 16.9. The van der Waals surface area contributed by atoms with Crippen molar-refractivity contribution in [2.45, 2.75) is 33.2 Å². The van der Waals surface area contributed by atoms with Crippen molar-refractivity contribution in [3.8, 4) is 0 Å². The molecule has 1 aromatic carbocycles. The van der Waals surface area contributed by atoms with Crippen molar-refractivity contribution in [1.82, 2.24) is 19.9 Å². The highest BCUT2D eigenvalue weighted by atomic mass is 16.1. The van der Waals surface area contributed by atoms with Gasteiger partial charge in [0.25, 0.3) is 5.91 Å². The molecule has 24 heavy (non-hydrogen) atoms. The van der Waals surface area contributed by atoms with Crippen LogP contribution in [0.2, 0.25) is 0 Å². The molecule has 0 radical (unpaired) electrons. The van der Waals surface area contributed by atoms with E-state index in [9.17, 15) is 4.79 Å². The van der Waals surface area contributed by atoms with Gasteiger partial charge in [0.15, 0.2) is 0 Å². The lowest BCUT2D eigenvalue weighted by molar-refractivity contribution is 0.0949. The number of carbonyl (C=O) groups is 1. The minimum absolute atomic E-state index is 0.147. The van der Waals surface area contributed by atoms with E-state index in [-0.39, 0.29) is 5.91 Å². The molecule has 2 aromatic heterocycles. The highest BCUT2D eigenvalue weighted by molar-refractivity contribution is 5.94. The summed E-state index contributed by atoms with van der Waals surface area (Å²) in [7, 11) is 0. The van der Waals surface area contributed by atoms with Gasteiger partial charge in [0.05, 0.1) is 5.52 Å². The van der Waals surface area contributed by atoms with Crippen molar-refractivity contribution in [2.24, 2.45) is 0 Å². The molecule has 1 N–H and O–H groups in total. The molecule has 0 aliphatic rings. The topological polar surface area (TPSA) is 59.8 Å². The van der Waals surface area contributed by atoms with Crippen LogP contribution in [0.25, 0.3) is 10.9 Å². The number of hydrogen-bond donors (Lipinski definition) is 1. The quantitative estimate of drug-likeness (QED) is 0.758. The molecule has 5 nitrogen and oxygen atoms in total. The molecule has 3 aromatic rings. The molecule has 0 fully saturated rings. The van der Waals surface area contributed by atoms with Gasteiger partial charge in [-0.05, 0) is 25.5 Å². The fraction of sp³-hybridized carbons (Fsp3) is 0.316. The lowest BCUT2D eigenvalue weighted by Crippen LogP contribution is -2.27. The lowest BCUT2D eigenvalue weighted by atomic mass is 10.2. The van der Waals surface area contributed by atoms with Crippen molar-refractivity contribution in [2.75, 3.05) is 6.54 Å². The molecule has 1 amide bonds. The molecule has 2 heterocycles. The molecule has 0 atom stereocenters. The van der Waals surface area contributed by atoms with E-state index in [1.165, 1.54) is 0 Å². The Morgan fingerprint density at radius 1 is 1.21 bits per heavy atom. The van der Waals surface area contributed by atoms with Gasteiger partial charge in [0.2, 0.25) is 0 Å². The van der Waals surface area contributed by atoms with Gasteiger partial charge in [-0.15, -0.1) is 0 Å². The summed E-state index contributed by atoms with van der Waals surface area (Å²) in [5.74, 6) is 0.868. The third kappa shape index (κ3) is 3.45. The fourth-order valence-corrected chi connectivity index (χ4v) is 2.81. The van der Waals surface area contributed by atoms with E-state index in [4.69, 9.17) is 0 Å². The minimum Gasteiger partial charge on any atom is -0.350 e. The number of benzene rings is 1. The number of carbonyl (C=O) groups excluding carboxylic acids is 1. The standard InChI is InChI=1S/C19H22N4O/c1-3-12-23-14(2)13-21-18(23)10-11-20-19(24)17-9-8-15-6-4-5-7-16(15)22-17/h4-9,13H,3,10-12H2,1-2H3,(H,20,24). The van der Waals surface area contributed by atoms with Crippen LogP contribution >= 0.6 is 0 Å². The van der Waals surface area contributed by atoms with Crippen molar-refractivity contribution in [1.29, 1.82) is 0 Å². The van der Waals surface area contributed by atoms with E-state index in [2.05, 4.69) is 33.7 Å². The third-order valence-corrected chi connectivity index (χ3v) is 4.05. The van der Waals surface area contributed by atoms with Crippen molar-refractivity contribution < 1.29 is 4.79 Å². The number of rotatable bonds is 6. The van der Waals surface area contributed by atoms with E-state index >= 15 is 0 Å². The molecule has 0 unspecified atom stereocenters. The highest BCUT2D eigenvalue weighted by Gasteiger charge is 2.10. The van der Waals surface area contributed by atoms with Crippen LogP contribution in [-0.4, -0.2) is 27.0 Å². The van der Waals surface area contributed by atoms with Crippen molar-refractivity contribution in [3.63, 3.8) is 0 Å². The minimum atomic E-state index is -0.147. The summed E-state index contributed by atoms with van der Waals surface area (Å²) in [6.07, 6.45) is 3.67. The second-order valence-corrected chi connectivity index (χ2v) is 5.86. The second kappa shape index (κ2) is 7.25. The first kappa shape index (κ1) is 16.2. The maximum absolute atomic E-state index is 12.3. The van der Waals surface area contributed by atoms with E-state index in [0.717, 1.165) is 35.4 Å². The molecule has 5 heteroatoms. The maximum Gasteiger partial charge on any atom is 0.269 e. The molecule has 3 rings (SSSR count). The fourth-order valence-electron chi connectivity index (χ4n) is 2.81. The number of pyridine rings is 1. The van der Waals surface area contributed by atoms with Gasteiger partial charge in [-0.2, -0.15) is 0 Å². The molecular formula is C19H22N4O. The molecule has 0 spiro atoms. The number of aryl methyl sites for hydroxylation is 1. The van der Waals surface area contributed by atoms with Crippen LogP contribution < -0.4 is 5.32 Å². The highest BCUT2D eigenvalue weighted by Crippen LogP contribution is 2.11. The average molecular weight is 322 g/mol. The summed E-state index contributed by atoms with van der Waals surface area (Å²) < 4.78 is 2.21. The van der Waals surface area contributed by atoms with Gasteiger partial charge in [-0.1, -0.05) is 31.2 Å². The number of imidazole rings is 1. The van der Waals surface area contributed by atoms with E-state index in [1.807, 2.05) is 36.5 Å². The van der Waals surface area contributed by atoms with Crippen molar-refractivity contribution in [3.05, 3.63) is 59.8 Å². The molecule has 124 valence electrons. The molecule has 0 aliphatic heterocycles. The van der Waals surface area contributed by atoms with Crippen LogP contribution in [-0.2, 0) is 13.0 Å². The Balaban J connectivity index is 1.62. The van der Waals surface area contributed by atoms with Crippen LogP contribution in [0.15, 0.2) is 42.6 Å². The third-order valence-electron chi connectivity index (χ3n) is 4.05. The number of amides is 1. The summed E-state index contributed by atoms with van der Waals surface area (Å²) in [6.45, 7) is 5.72. The Labute approximate surface area is 141 Å². The van der Waals surface area contributed by atoms with Gasteiger partial charge >= 0.3 is 0 Å². The number of fused-ring (bicyclic) bond motifs is 1. The number of nitrogens with one attached hydrogen (secondary N) is 1. The summed E-state index contributed by atoms with van der Waals surface area (Å²) >= 11 is 0. The van der Waals surface area contributed by atoms with Crippen LogP contribution in [0.3, 0.4) is 0 Å². The molecular weight excluding hydrogens is 300 g/mol. The number of hydrogen-bond acceptors (Lipinski definition) is 3. The Morgan fingerprint density at radius 2 is 2.04 bits per heavy atom. The van der Waals surface area contributed by atoms with E-state index in [0.29, 0.717) is 18.7 Å². The first-order valence-electron chi connectivity index (χ1n) is 8.34. The van der Waals surface area contributed by atoms with E-state index < -0.39 is 0 Å². The number of aromatic nitrogens is 3. The van der Waals surface area contributed by atoms with Gasteiger partial charge in [0, 0.05) is 36.8 Å². The summed E-state index contributed by atoms with van der Waals surface area (Å²) in [4.78, 5) is 21.2. The normalized spacial score (nSPS) is 10.9. The van der Waals surface area contributed by atoms with Crippen LogP contribution in [0.4, 0.5) is 0 Å². The van der Waals surface area contributed by atoms with Crippen LogP contribution in [0.1, 0.15) is 35.4 Å². The smallest absolute Gasteiger partial charge is 0.269 e. The lowest BCUT2D eigenvalue weighted by Gasteiger charge is -2.09. The maximum atomic E-state index is 12.3. The van der Waals surface area contributed by atoms with Crippen LogP contribution in [0.5, 0.6) is 0 Å². The zero-order valence-corrected chi connectivity index (χ0v) is 14.1. The van der Waals surface area contributed by atoms with Gasteiger partial charge in [-0.3, -0.25) is 4.79 Å². The van der Waals surface area contributed by atoms with E-state index in [1.54, 1.807) is 6.07 Å². The molecule has 0 bridgehead atoms. The number of nitrogens with zero attached hydrogens (tertiary/aromatic N) is 3. The zero-order valence-electron chi connectivity index (χ0n) is 14.1. The Hall–Kier alpha value is -2.69. The summed E-state index contributed by atoms with van der Waals surface area (Å²) in [5, 5.41) is 3.97. The average Bonchev–Trinajstić information content (AvgIpc) is 2.95. The van der Waals surface area contributed by atoms with Crippen LogP contribution in [0, 0.1) is 6.92 Å². The summed E-state index contributed by atoms with van der Waals surface area (Å²) in [5.41, 5.74) is 2.44. The first-order chi connectivity index (χ1) is 11.7. The summed E-state index contributed by atoms with van der Waals surface area (Å²) in [6, 6.07) is 11.5. The Morgan fingerprint density at radius 3 is 2.88 bits per heavy atom. The SMILES string of the molecule is CCCn1c(C)cnc1CCNC(=O)c1ccc2ccccc2n1. The van der Waals surface area contributed by atoms with Crippen molar-refractivity contribution >= 4 is 16.8 Å². The second-order valence-electron chi connectivity index (χ2n) is 5.86. The monoisotopic (exact) mass is 322 g/mol. The van der Waals surface area contributed by atoms with Gasteiger partial charge in [-0.25, -0.2) is 9.97 Å². The Bertz CT molecular complexity index is 853.